The van der Waals surface area contributed by atoms with Crippen LogP contribution in [0.25, 0.3) is 10.4 Å². The molecular formula is C18H20F3N3O3S2. The predicted octanol–water partition coefficient (Wildman–Crippen LogP) is 2.81. The van der Waals surface area contributed by atoms with Crippen molar-refractivity contribution in [2.24, 2.45) is 0 Å². The van der Waals surface area contributed by atoms with E-state index in [0.29, 0.717) is 24.8 Å². The molecule has 2 aliphatic rings. The SMILES string of the molecule is O=S1(=O)CCN(c2ccc(-c3cnc(N4CCO[C@@H](C(F)(F)F)C4)s3)cc2)CC1. The number of halogens is 3. The number of hydrogen-bond acceptors (Lipinski definition) is 7. The molecule has 11 heteroatoms. The largest absolute Gasteiger partial charge is 0.416 e. The fourth-order valence-electron chi connectivity index (χ4n) is 3.37. The van der Waals surface area contributed by atoms with E-state index in [4.69, 9.17) is 4.74 Å². The molecule has 0 aliphatic carbocycles. The highest BCUT2D eigenvalue weighted by Gasteiger charge is 2.43. The van der Waals surface area contributed by atoms with Crippen LogP contribution in [0.15, 0.2) is 30.5 Å². The summed E-state index contributed by atoms with van der Waals surface area (Å²) in [5, 5.41) is 0.544. The number of benzene rings is 1. The molecule has 2 aromatic rings. The van der Waals surface area contributed by atoms with Crippen molar-refractivity contribution in [2.45, 2.75) is 12.3 Å². The van der Waals surface area contributed by atoms with Gasteiger partial charge in [0.05, 0.1) is 29.5 Å². The molecule has 6 nitrogen and oxygen atoms in total. The second-order valence-corrected chi connectivity index (χ2v) is 10.4. The Morgan fingerprint density at radius 2 is 1.76 bits per heavy atom. The van der Waals surface area contributed by atoms with Crippen LogP contribution < -0.4 is 9.80 Å². The van der Waals surface area contributed by atoms with Gasteiger partial charge in [-0.25, -0.2) is 13.4 Å². The minimum absolute atomic E-state index is 0.0132. The average Bonchev–Trinajstić information content (AvgIpc) is 3.18. The van der Waals surface area contributed by atoms with Crippen LogP contribution in [-0.2, 0) is 14.6 Å². The Kier molecular flexibility index (Phi) is 5.47. The van der Waals surface area contributed by atoms with Crippen molar-refractivity contribution < 1.29 is 26.3 Å². The number of anilines is 2. The number of rotatable bonds is 3. The van der Waals surface area contributed by atoms with Gasteiger partial charge in [-0.05, 0) is 17.7 Å². The third-order valence-corrected chi connectivity index (χ3v) is 7.77. The fraction of sp³-hybridized carbons (Fsp3) is 0.500. The number of alkyl halides is 3. The quantitative estimate of drug-likeness (QED) is 0.721. The first-order valence-corrected chi connectivity index (χ1v) is 11.8. The molecule has 1 aromatic carbocycles. The summed E-state index contributed by atoms with van der Waals surface area (Å²) in [4.78, 5) is 8.81. The lowest BCUT2D eigenvalue weighted by molar-refractivity contribution is -0.221. The van der Waals surface area contributed by atoms with Gasteiger partial charge < -0.3 is 14.5 Å². The zero-order valence-corrected chi connectivity index (χ0v) is 17.1. The summed E-state index contributed by atoms with van der Waals surface area (Å²) in [5.74, 6) is 0.316. The number of ether oxygens (including phenoxy) is 1. The summed E-state index contributed by atoms with van der Waals surface area (Å²) in [5.41, 5.74) is 1.87. The molecular weight excluding hydrogens is 427 g/mol. The number of sulfone groups is 1. The van der Waals surface area contributed by atoms with Gasteiger partial charge in [-0.3, -0.25) is 0 Å². The van der Waals surface area contributed by atoms with E-state index in [0.717, 1.165) is 16.1 Å². The smallest absolute Gasteiger partial charge is 0.369 e. The first-order chi connectivity index (χ1) is 13.7. The zero-order chi connectivity index (χ0) is 20.6. The molecule has 4 rings (SSSR count). The van der Waals surface area contributed by atoms with Crippen LogP contribution in [0.4, 0.5) is 24.0 Å². The van der Waals surface area contributed by atoms with Crippen LogP contribution in [0.3, 0.4) is 0 Å². The number of thiazole rings is 1. The lowest BCUT2D eigenvalue weighted by atomic mass is 10.2. The first kappa shape index (κ1) is 20.4. The van der Waals surface area contributed by atoms with Gasteiger partial charge in [0.15, 0.2) is 21.1 Å². The summed E-state index contributed by atoms with van der Waals surface area (Å²) in [6, 6.07) is 7.71. The van der Waals surface area contributed by atoms with Crippen LogP contribution >= 0.6 is 11.3 Å². The normalized spacial score (nSPS) is 22.7. The Balaban J connectivity index is 1.44. The van der Waals surface area contributed by atoms with Crippen molar-refractivity contribution in [2.75, 3.05) is 54.1 Å². The van der Waals surface area contributed by atoms with Gasteiger partial charge >= 0.3 is 6.18 Å². The molecule has 1 atom stereocenters. The molecule has 2 fully saturated rings. The van der Waals surface area contributed by atoms with Crippen molar-refractivity contribution >= 4 is 32.0 Å². The number of hydrogen-bond donors (Lipinski definition) is 0. The van der Waals surface area contributed by atoms with Crippen molar-refractivity contribution in [3.8, 4) is 10.4 Å². The standard InChI is InChI=1S/C18H20F3N3O3S2/c19-18(20,21)16-12-24(5-8-27-16)17-22-11-15(28-17)13-1-3-14(4-2-13)23-6-9-29(25,26)10-7-23/h1-4,11,16H,5-10,12H2/t16-/m1/s1. The number of morpholine rings is 1. The van der Waals surface area contributed by atoms with Gasteiger partial charge in [-0.2, -0.15) is 13.2 Å². The van der Waals surface area contributed by atoms with E-state index in [1.165, 1.54) is 11.3 Å². The van der Waals surface area contributed by atoms with Crippen LogP contribution in [0.1, 0.15) is 0 Å². The molecule has 0 bridgehead atoms. The monoisotopic (exact) mass is 447 g/mol. The molecule has 0 N–H and O–H groups in total. The highest BCUT2D eigenvalue weighted by Crippen LogP contribution is 2.34. The summed E-state index contributed by atoms with van der Waals surface area (Å²) < 4.78 is 66.8. The second-order valence-electron chi connectivity index (χ2n) is 7.04. The molecule has 0 spiro atoms. The Labute approximate surface area is 170 Å². The topological polar surface area (TPSA) is 62.7 Å². The Hall–Kier alpha value is -1.85. The van der Waals surface area contributed by atoms with Crippen molar-refractivity contribution in [3.63, 3.8) is 0 Å². The van der Waals surface area contributed by atoms with Crippen LogP contribution in [0.5, 0.6) is 0 Å². The van der Waals surface area contributed by atoms with Crippen LogP contribution in [-0.4, -0.2) is 70.0 Å². The Morgan fingerprint density at radius 3 is 2.41 bits per heavy atom. The minimum Gasteiger partial charge on any atom is -0.369 e. The van der Waals surface area contributed by atoms with Crippen molar-refractivity contribution in [1.29, 1.82) is 0 Å². The lowest BCUT2D eigenvalue weighted by Gasteiger charge is -2.33. The van der Waals surface area contributed by atoms with Crippen molar-refractivity contribution in [3.05, 3.63) is 30.5 Å². The molecule has 2 aliphatic heterocycles. The Bertz CT molecular complexity index is 947. The summed E-state index contributed by atoms with van der Waals surface area (Å²) in [6.07, 6.45) is -4.51. The van der Waals surface area contributed by atoms with Crippen molar-refractivity contribution in [1.82, 2.24) is 4.98 Å². The van der Waals surface area contributed by atoms with Gasteiger partial charge in [0.1, 0.15) is 0 Å². The third-order valence-electron chi connectivity index (χ3n) is 5.06. The third kappa shape index (κ3) is 4.67. The van der Waals surface area contributed by atoms with Gasteiger partial charge in [0.2, 0.25) is 0 Å². The molecule has 0 amide bonds. The van der Waals surface area contributed by atoms with E-state index in [9.17, 15) is 21.6 Å². The maximum atomic E-state index is 12.9. The van der Waals surface area contributed by atoms with E-state index in [-0.39, 0.29) is 24.7 Å². The molecule has 2 saturated heterocycles. The maximum absolute atomic E-state index is 12.9. The summed E-state index contributed by atoms with van der Waals surface area (Å²) in [6.45, 7) is 1.08. The van der Waals surface area contributed by atoms with E-state index in [2.05, 4.69) is 4.98 Å². The first-order valence-electron chi connectivity index (χ1n) is 9.16. The summed E-state index contributed by atoms with van der Waals surface area (Å²) >= 11 is 1.35. The molecule has 29 heavy (non-hydrogen) atoms. The zero-order valence-electron chi connectivity index (χ0n) is 15.4. The fourth-order valence-corrected chi connectivity index (χ4v) is 5.53. The van der Waals surface area contributed by atoms with Gasteiger partial charge in [-0.1, -0.05) is 23.5 Å². The molecule has 158 valence electrons. The van der Waals surface area contributed by atoms with Gasteiger partial charge in [0, 0.05) is 31.5 Å². The van der Waals surface area contributed by atoms with Crippen LogP contribution in [0, 0.1) is 0 Å². The van der Waals surface area contributed by atoms with Crippen LogP contribution in [0.2, 0.25) is 0 Å². The number of aromatic nitrogens is 1. The average molecular weight is 448 g/mol. The van der Waals surface area contributed by atoms with Gasteiger partial charge in [0.25, 0.3) is 0 Å². The molecule has 3 heterocycles. The van der Waals surface area contributed by atoms with E-state index in [1.807, 2.05) is 29.2 Å². The highest BCUT2D eigenvalue weighted by atomic mass is 32.2. The second kappa shape index (κ2) is 7.77. The van der Waals surface area contributed by atoms with Gasteiger partial charge in [-0.15, -0.1) is 0 Å². The molecule has 0 radical (unpaired) electrons. The maximum Gasteiger partial charge on any atom is 0.416 e. The number of nitrogens with zero attached hydrogens (tertiary/aromatic N) is 3. The molecule has 0 unspecified atom stereocenters. The van der Waals surface area contributed by atoms with E-state index < -0.39 is 22.1 Å². The minimum atomic E-state index is -4.39. The lowest BCUT2D eigenvalue weighted by Crippen LogP contribution is -2.49. The Morgan fingerprint density at radius 1 is 1.07 bits per heavy atom. The summed E-state index contributed by atoms with van der Waals surface area (Å²) in [7, 11) is -2.93. The molecule has 0 saturated carbocycles. The molecule has 1 aromatic heterocycles. The predicted molar refractivity (Wildman–Crippen MR) is 106 cm³/mol. The van der Waals surface area contributed by atoms with E-state index in [1.54, 1.807) is 11.1 Å². The van der Waals surface area contributed by atoms with E-state index >= 15 is 0 Å². The highest BCUT2D eigenvalue weighted by molar-refractivity contribution is 7.91.